The summed E-state index contributed by atoms with van der Waals surface area (Å²) in [6.45, 7) is 6.21. The Morgan fingerprint density at radius 3 is 2.57 bits per heavy atom. The highest BCUT2D eigenvalue weighted by Gasteiger charge is 2.33. The number of piperidine rings is 2. The van der Waals surface area contributed by atoms with E-state index in [2.05, 4.69) is 17.6 Å². The number of aromatic nitrogens is 3. The Bertz CT molecular complexity index is 1810. The van der Waals surface area contributed by atoms with Crippen molar-refractivity contribution < 1.29 is 18.7 Å². The first-order valence-electron chi connectivity index (χ1n) is 17.1. The van der Waals surface area contributed by atoms with Crippen LogP contribution in [0.1, 0.15) is 78.8 Å². The average molecular weight is 627 g/mol. The number of carbonyl (C=O) groups is 2. The molecule has 0 spiro atoms. The first-order chi connectivity index (χ1) is 22.3. The molecule has 2 unspecified atom stereocenters. The summed E-state index contributed by atoms with van der Waals surface area (Å²) >= 11 is 0. The maximum Gasteiger partial charge on any atom is 0.255 e. The smallest absolute Gasteiger partial charge is 0.255 e. The van der Waals surface area contributed by atoms with Gasteiger partial charge >= 0.3 is 0 Å². The van der Waals surface area contributed by atoms with E-state index in [9.17, 15) is 9.59 Å². The van der Waals surface area contributed by atoms with Crippen LogP contribution >= 0.6 is 0 Å². The molecule has 4 aliphatic rings. The molecule has 8 rings (SSSR count). The van der Waals surface area contributed by atoms with Crippen LogP contribution in [0.3, 0.4) is 0 Å². The maximum atomic E-state index is 15.3. The van der Waals surface area contributed by atoms with Crippen molar-refractivity contribution in [2.24, 2.45) is 11.7 Å². The van der Waals surface area contributed by atoms with E-state index in [0.717, 1.165) is 90.5 Å². The van der Waals surface area contributed by atoms with Crippen LogP contribution < -0.4 is 5.73 Å². The van der Waals surface area contributed by atoms with Crippen LogP contribution in [-0.2, 0) is 16.1 Å². The number of hydrogen-bond acceptors (Lipinski definition) is 5. The number of hydrogen-bond donors (Lipinski definition) is 1. The molecular formula is C36H43FN6O3. The molecule has 4 fully saturated rings. The van der Waals surface area contributed by atoms with Gasteiger partial charge in [0.05, 0.1) is 22.3 Å². The number of likely N-dealkylation sites (tertiary alicyclic amines) is 2. The van der Waals surface area contributed by atoms with Gasteiger partial charge in [0.15, 0.2) is 0 Å². The van der Waals surface area contributed by atoms with Crippen LogP contribution in [0, 0.1) is 18.7 Å². The van der Waals surface area contributed by atoms with E-state index in [1.54, 1.807) is 12.1 Å². The van der Waals surface area contributed by atoms with Gasteiger partial charge in [-0.25, -0.2) is 8.91 Å². The number of rotatable bonds is 6. The molecular weight excluding hydrogens is 583 g/mol. The second kappa shape index (κ2) is 11.8. The van der Waals surface area contributed by atoms with Crippen LogP contribution in [0.25, 0.3) is 27.8 Å². The number of benzene rings is 1. The molecule has 4 aromatic rings. The summed E-state index contributed by atoms with van der Waals surface area (Å²) in [7, 11) is 0. The largest absolute Gasteiger partial charge is 0.368 e. The molecule has 2 N–H and O–H groups in total. The van der Waals surface area contributed by atoms with E-state index < -0.39 is 0 Å². The lowest BCUT2D eigenvalue weighted by atomic mass is 9.88. The normalized spacial score (nSPS) is 22.8. The highest BCUT2D eigenvalue weighted by molar-refractivity contribution is 5.95. The van der Waals surface area contributed by atoms with Crippen LogP contribution in [-0.4, -0.2) is 80.7 Å². The number of carbonyl (C=O) groups excluding carboxylic acids is 2. The van der Waals surface area contributed by atoms with Crippen molar-refractivity contribution in [3.63, 3.8) is 0 Å². The standard InChI is InChI=1S/C36H43FN6O3/c1-22-30-9-8-25(35(44)41-12-2-4-28(38)21-41)20-43(30)39-33(22)31-17-26-16-27(37)18-29(34(26)42(31)19-23-6-7-23)24-10-13-40(14-11-24)36(45)32-5-3-15-46-32/h8-9,16-18,20,23-24,28,32H,2-7,10-15,19,21,38H2,1H3. The van der Waals surface area contributed by atoms with E-state index in [-0.39, 0.29) is 35.7 Å². The number of halogens is 1. The zero-order valence-corrected chi connectivity index (χ0v) is 26.6. The summed E-state index contributed by atoms with van der Waals surface area (Å²) in [5, 5.41) is 5.94. The van der Waals surface area contributed by atoms with E-state index in [1.165, 1.54) is 12.8 Å². The fourth-order valence-corrected chi connectivity index (χ4v) is 7.97. The number of fused-ring (bicyclic) bond motifs is 2. The first kappa shape index (κ1) is 29.6. The van der Waals surface area contributed by atoms with Gasteiger partial charge in [-0.1, -0.05) is 0 Å². The lowest BCUT2D eigenvalue weighted by Crippen LogP contribution is -2.45. The molecule has 3 aromatic heterocycles. The second-order valence-electron chi connectivity index (χ2n) is 14.0. The highest BCUT2D eigenvalue weighted by atomic mass is 19.1. The molecule has 2 atom stereocenters. The Morgan fingerprint density at radius 2 is 1.83 bits per heavy atom. The molecule has 3 saturated heterocycles. The molecule has 0 radical (unpaired) electrons. The topological polar surface area (TPSA) is 98.1 Å². The molecule has 1 aromatic carbocycles. The molecule has 1 saturated carbocycles. The van der Waals surface area contributed by atoms with Gasteiger partial charge in [-0.15, -0.1) is 0 Å². The van der Waals surface area contributed by atoms with Crippen molar-refractivity contribution in [3.05, 3.63) is 59.0 Å². The Morgan fingerprint density at radius 1 is 1.00 bits per heavy atom. The van der Waals surface area contributed by atoms with E-state index in [0.29, 0.717) is 37.7 Å². The van der Waals surface area contributed by atoms with Crippen LogP contribution in [0.4, 0.5) is 4.39 Å². The molecule has 6 heterocycles. The van der Waals surface area contributed by atoms with Crippen molar-refractivity contribution in [1.29, 1.82) is 0 Å². The SMILES string of the molecule is Cc1c(-c2cc3cc(F)cc(C4CCN(C(=O)C5CCCO5)CC4)c3n2CC2CC2)nn2cc(C(=O)N3CCCC(N)C3)ccc12. The van der Waals surface area contributed by atoms with Gasteiger partial charge in [0.25, 0.3) is 11.8 Å². The minimum Gasteiger partial charge on any atom is -0.368 e. The molecule has 0 bridgehead atoms. The molecule has 3 aliphatic heterocycles. The zero-order valence-electron chi connectivity index (χ0n) is 26.6. The lowest BCUT2D eigenvalue weighted by Gasteiger charge is -2.34. The summed E-state index contributed by atoms with van der Waals surface area (Å²) in [5.74, 6) is 0.606. The zero-order chi connectivity index (χ0) is 31.5. The Labute approximate surface area is 268 Å². The third kappa shape index (κ3) is 5.39. The minimum absolute atomic E-state index is 0.0155. The van der Waals surface area contributed by atoms with Crippen LogP contribution in [0.5, 0.6) is 0 Å². The van der Waals surface area contributed by atoms with Crippen molar-refractivity contribution >= 4 is 28.2 Å². The molecule has 242 valence electrons. The summed E-state index contributed by atoms with van der Waals surface area (Å²) in [6.07, 6.45) is 9.10. The number of amides is 2. The van der Waals surface area contributed by atoms with Crippen molar-refractivity contribution in [2.45, 2.75) is 82.9 Å². The van der Waals surface area contributed by atoms with Crippen molar-refractivity contribution in [3.8, 4) is 11.4 Å². The summed E-state index contributed by atoms with van der Waals surface area (Å²) in [6, 6.07) is 9.35. The van der Waals surface area contributed by atoms with Gasteiger partial charge in [0.2, 0.25) is 0 Å². The summed E-state index contributed by atoms with van der Waals surface area (Å²) in [5.41, 5.74) is 12.7. The van der Waals surface area contributed by atoms with Gasteiger partial charge in [-0.05, 0) is 106 Å². The van der Waals surface area contributed by atoms with Crippen molar-refractivity contribution in [2.75, 3.05) is 32.8 Å². The number of pyridine rings is 1. The molecule has 9 nitrogen and oxygen atoms in total. The fraction of sp³-hybridized carbons (Fsp3) is 0.528. The van der Waals surface area contributed by atoms with Crippen LogP contribution in [0.15, 0.2) is 36.5 Å². The first-order valence-corrected chi connectivity index (χ1v) is 17.1. The van der Waals surface area contributed by atoms with E-state index >= 15 is 4.39 Å². The van der Waals surface area contributed by atoms with Crippen molar-refractivity contribution in [1.82, 2.24) is 24.0 Å². The van der Waals surface area contributed by atoms with Gasteiger partial charge in [-0.3, -0.25) is 9.59 Å². The molecule has 46 heavy (non-hydrogen) atoms. The maximum absolute atomic E-state index is 15.3. The van der Waals surface area contributed by atoms with Gasteiger partial charge in [0.1, 0.15) is 17.6 Å². The van der Waals surface area contributed by atoms with E-state index in [1.807, 2.05) is 32.6 Å². The third-order valence-electron chi connectivity index (χ3n) is 10.7. The number of nitrogens with zero attached hydrogens (tertiary/aromatic N) is 5. The highest BCUT2D eigenvalue weighted by Crippen LogP contribution is 2.41. The number of aryl methyl sites for hydroxylation is 1. The average Bonchev–Trinajstić information content (AvgIpc) is 3.42. The number of nitrogens with two attached hydrogens (primary N) is 1. The second-order valence-corrected chi connectivity index (χ2v) is 14.0. The summed E-state index contributed by atoms with van der Waals surface area (Å²) in [4.78, 5) is 30.2. The Kier molecular flexibility index (Phi) is 7.60. The predicted molar refractivity (Wildman–Crippen MR) is 174 cm³/mol. The fourth-order valence-electron chi connectivity index (χ4n) is 7.97. The van der Waals surface area contributed by atoms with Gasteiger partial charge < -0.3 is 24.8 Å². The quantitative estimate of drug-likeness (QED) is 0.315. The minimum atomic E-state index is -0.304. The Hall–Kier alpha value is -3.76. The molecule has 10 heteroatoms. The van der Waals surface area contributed by atoms with Gasteiger partial charge in [0, 0.05) is 62.5 Å². The molecule has 2 amide bonds. The lowest BCUT2D eigenvalue weighted by molar-refractivity contribution is -0.142. The van der Waals surface area contributed by atoms with Gasteiger partial charge in [-0.2, -0.15) is 5.10 Å². The number of ether oxygens (including phenoxy) is 1. The predicted octanol–water partition coefficient (Wildman–Crippen LogP) is 5.26. The summed E-state index contributed by atoms with van der Waals surface area (Å²) < 4.78 is 25.1. The monoisotopic (exact) mass is 626 g/mol. The Balaban J connectivity index is 1.14. The van der Waals surface area contributed by atoms with Crippen LogP contribution in [0.2, 0.25) is 0 Å². The van der Waals surface area contributed by atoms with E-state index in [4.69, 9.17) is 15.6 Å². The third-order valence-corrected chi connectivity index (χ3v) is 10.7. The molecule has 1 aliphatic carbocycles.